The number of nitrogens with zero attached hydrogens (tertiary/aromatic N) is 1. The molecule has 0 N–H and O–H groups in total. The average Bonchev–Trinajstić information content (AvgIpc) is 2.22. The third-order valence-corrected chi connectivity index (χ3v) is 3.09. The molecule has 0 fully saturated rings. The van der Waals surface area contributed by atoms with Gasteiger partial charge in [0.25, 0.3) is 0 Å². The minimum atomic E-state index is -0.334. The van der Waals surface area contributed by atoms with Crippen LogP contribution in [0.4, 0.5) is 0 Å². The Hall–Kier alpha value is -0.800. The van der Waals surface area contributed by atoms with Crippen molar-refractivity contribution in [2.75, 3.05) is 6.61 Å². The number of halogens is 2. The van der Waals surface area contributed by atoms with E-state index in [0.717, 1.165) is 3.57 Å². The van der Waals surface area contributed by atoms with Crippen molar-refractivity contribution in [3.8, 4) is 6.07 Å². The van der Waals surface area contributed by atoms with Gasteiger partial charge in [0.1, 0.15) is 0 Å². The van der Waals surface area contributed by atoms with Crippen LogP contribution in [0.2, 0.25) is 5.02 Å². The van der Waals surface area contributed by atoms with Crippen LogP contribution in [0, 0.1) is 14.9 Å². The van der Waals surface area contributed by atoms with Crippen LogP contribution in [0.15, 0.2) is 12.1 Å². The largest absolute Gasteiger partial charge is 0.466 e. The van der Waals surface area contributed by atoms with Crippen LogP contribution in [0.3, 0.4) is 0 Å². The van der Waals surface area contributed by atoms with Crippen molar-refractivity contribution in [3.63, 3.8) is 0 Å². The summed E-state index contributed by atoms with van der Waals surface area (Å²) in [7, 11) is 0. The predicted molar refractivity (Wildman–Crippen MR) is 69.2 cm³/mol. The van der Waals surface area contributed by atoms with Crippen molar-refractivity contribution >= 4 is 40.2 Å². The molecule has 5 heteroatoms. The SMILES string of the molecule is CCOC(=O)Cc1c(I)cc(Cl)cc1C#N. The topological polar surface area (TPSA) is 50.1 Å². The Morgan fingerprint density at radius 2 is 2.31 bits per heavy atom. The number of esters is 1. The van der Waals surface area contributed by atoms with Crippen LogP contribution in [-0.4, -0.2) is 12.6 Å². The Bertz CT molecular complexity index is 454. The summed E-state index contributed by atoms with van der Waals surface area (Å²) in [5.41, 5.74) is 1.09. The molecule has 0 heterocycles. The van der Waals surface area contributed by atoms with Gasteiger partial charge in [-0.1, -0.05) is 11.6 Å². The highest BCUT2D eigenvalue weighted by Gasteiger charge is 2.13. The van der Waals surface area contributed by atoms with Gasteiger partial charge < -0.3 is 4.74 Å². The molecule has 0 aromatic heterocycles. The van der Waals surface area contributed by atoms with E-state index >= 15 is 0 Å². The van der Waals surface area contributed by atoms with E-state index in [4.69, 9.17) is 21.6 Å². The van der Waals surface area contributed by atoms with Crippen molar-refractivity contribution in [2.45, 2.75) is 13.3 Å². The van der Waals surface area contributed by atoms with Gasteiger partial charge in [0.2, 0.25) is 0 Å². The van der Waals surface area contributed by atoms with Gasteiger partial charge in [-0.05, 0) is 47.2 Å². The highest BCUT2D eigenvalue weighted by molar-refractivity contribution is 14.1. The molecular formula is C11H9ClINO2. The normalized spacial score (nSPS) is 9.62. The second-order valence-electron chi connectivity index (χ2n) is 3.01. The monoisotopic (exact) mass is 349 g/mol. The minimum absolute atomic E-state index is 0.103. The van der Waals surface area contributed by atoms with Gasteiger partial charge in [0, 0.05) is 8.59 Å². The molecular weight excluding hydrogens is 340 g/mol. The maximum Gasteiger partial charge on any atom is 0.310 e. The molecule has 1 aromatic rings. The molecule has 16 heavy (non-hydrogen) atoms. The number of hydrogen-bond acceptors (Lipinski definition) is 3. The number of rotatable bonds is 3. The Balaban J connectivity index is 3.04. The summed E-state index contributed by atoms with van der Waals surface area (Å²) in [5, 5.41) is 9.44. The van der Waals surface area contributed by atoms with Crippen LogP contribution in [0.25, 0.3) is 0 Å². The van der Waals surface area contributed by atoms with E-state index in [1.165, 1.54) is 0 Å². The summed E-state index contributed by atoms with van der Waals surface area (Å²) in [6, 6.07) is 5.30. The molecule has 3 nitrogen and oxygen atoms in total. The third-order valence-electron chi connectivity index (χ3n) is 1.91. The molecule has 0 unspecified atom stereocenters. The van der Waals surface area contributed by atoms with Crippen LogP contribution >= 0.6 is 34.2 Å². The first-order valence-electron chi connectivity index (χ1n) is 4.62. The van der Waals surface area contributed by atoms with E-state index in [1.807, 2.05) is 6.07 Å². The maximum atomic E-state index is 11.3. The van der Waals surface area contributed by atoms with Crippen LogP contribution < -0.4 is 0 Å². The molecule has 0 aliphatic carbocycles. The number of benzene rings is 1. The second kappa shape index (κ2) is 6.06. The molecule has 0 bridgehead atoms. The first-order chi connectivity index (χ1) is 7.58. The molecule has 1 rings (SSSR count). The first kappa shape index (κ1) is 13.3. The Morgan fingerprint density at radius 1 is 1.62 bits per heavy atom. The van der Waals surface area contributed by atoms with Crippen LogP contribution in [0.1, 0.15) is 18.1 Å². The lowest BCUT2D eigenvalue weighted by atomic mass is 10.1. The fourth-order valence-corrected chi connectivity index (χ4v) is 2.46. The quantitative estimate of drug-likeness (QED) is 0.623. The van der Waals surface area contributed by atoms with Crippen molar-refractivity contribution in [1.29, 1.82) is 5.26 Å². The fourth-order valence-electron chi connectivity index (χ4n) is 1.24. The lowest BCUT2D eigenvalue weighted by Gasteiger charge is -2.07. The van der Waals surface area contributed by atoms with Gasteiger partial charge in [0.15, 0.2) is 0 Å². The summed E-state index contributed by atoms with van der Waals surface area (Å²) in [6.45, 7) is 2.08. The van der Waals surface area contributed by atoms with Gasteiger partial charge in [-0.15, -0.1) is 0 Å². The van der Waals surface area contributed by atoms with Gasteiger partial charge in [0.05, 0.1) is 24.7 Å². The van der Waals surface area contributed by atoms with Crippen LogP contribution in [-0.2, 0) is 16.0 Å². The molecule has 1 aromatic carbocycles. The number of hydrogen-bond donors (Lipinski definition) is 0. The van der Waals surface area contributed by atoms with Gasteiger partial charge in [-0.2, -0.15) is 5.26 Å². The number of carbonyl (C=O) groups is 1. The van der Waals surface area contributed by atoms with Crippen molar-refractivity contribution in [1.82, 2.24) is 0 Å². The fraction of sp³-hybridized carbons (Fsp3) is 0.273. The molecule has 0 spiro atoms. The molecule has 0 aliphatic rings. The zero-order valence-corrected chi connectivity index (χ0v) is 11.5. The van der Waals surface area contributed by atoms with Crippen molar-refractivity contribution in [2.24, 2.45) is 0 Å². The summed E-state index contributed by atoms with van der Waals surface area (Å²) in [5.74, 6) is -0.334. The predicted octanol–water partition coefficient (Wildman–Crippen LogP) is 2.92. The standard InChI is InChI=1S/C11H9ClINO2/c1-2-16-11(15)5-9-7(6-14)3-8(12)4-10(9)13/h3-4H,2,5H2,1H3. The summed E-state index contributed by atoms with van der Waals surface area (Å²) in [4.78, 5) is 11.3. The summed E-state index contributed by atoms with van der Waals surface area (Å²) >= 11 is 7.88. The number of nitriles is 1. The average molecular weight is 350 g/mol. The minimum Gasteiger partial charge on any atom is -0.466 e. The van der Waals surface area contributed by atoms with Crippen molar-refractivity contribution < 1.29 is 9.53 Å². The van der Waals surface area contributed by atoms with Crippen molar-refractivity contribution in [3.05, 3.63) is 31.9 Å². The molecule has 0 atom stereocenters. The van der Waals surface area contributed by atoms with E-state index in [9.17, 15) is 4.79 Å². The van der Waals surface area contributed by atoms with E-state index < -0.39 is 0 Å². The molecule has 0 amide bonds. The molecule has 84 valence electrons. The maximum absolute atomic E-state index is 11.3. The van der Waals surface area contributed by atoms with E-state index in [-0.39, 0.29) is 12.4 Å². The van der Waals surface area contributed by atoms with E-state index in [1.54, 1.807) is 19.1 Å². The lowest BCUT2D eigenvalue weighted by molar-refractivity contribution is -0.142. The summed E-state index contributed by atoms with van der Waals surface area (Å²) < 4.78 is 5.65. The Kier molecular flexibility index (Phi) is 5.03. The highest BCUT2D eigenvalue weighted by atomic mass is 127. The van der Waals surface area contributed by atoms with E-state index in [0.29, 0.717) is 22.8 Å². The number of carbonyl (C=O) groups excluding carboxylic acids is 1. The van der Waals surface area contributed by atoms with E-state index in [2.05, 4.69) is 22.6 Å². The molecule has 0 saturated heterocycles. The van der Waals surface area contributed by atoms with Gasteiger partial charge >= 0.3 is 5.97 Å². The molecule has 0 radical (unpaired) electrons. The zero-order chi connectivity index (χ0) is 12.1. The number of ether oxygens (including phenoxy) is 1. The third kappa shape index (κ3) is 3.35. The second-order valence-corrected chi connectivity index (χ2v) is 4.61. The highest BCUT2D eigenvalue weighted by Crippen LogP contribution is 2.23. The smallest absolute Gasteiger partial charge is 0.310 e. The summed E-state index contributed by atoms with van der Waals surface area (Å²) in [6.07, 6.45) is 0.103. The molecule has 0 aliphatic heterocycles. The Morgan fingerprint density at radius 3 is 2.88 bits per heavy atom. The molecule has 0 saturated carbocycles. The van der Waals surface area contributed by atoms with Gasteiger partial charge in [-0.3, -0.25) is 4.79 Å². The van der Waals surface area contributed by atoms with Crippen LogP contribution in [0.5, 0.6) is 0 Å². The van der Waals surface area contributed by atoms with Gasteiger partial charge in [-0.25, -0.2) is 0 Å². The first-order valence-corrected chi connectivity index (χ1v) is 6.07. The Labute approximate surface area is 112 Å². The lowest BCUT2D eigenvalue weighted by Crippen LogP contribution is -2.10. The zero-order valence-electron chi connectivity index (χ0n) is 8.59.